The fraction of sp³-hybridized carbons (Fsp3) is 0.458. The van der Waals surface area contributed by atoms with E-state index in [1.165, 1.54) is 0 Å². The Hall–Kier alpha value is -2.01. The van der Waals surface area contributed by atoms with E-state index in [0.29, 0.717) is 13.2 Å². The lowest BCUT2D eigenvalue weighted by molar-refractivity contribution is 0.0142. The van der Waals surface area contributed by atoms with Crippen molar-refractivity contribution < 1.29 is 14.3 Å². The van der Waals surface area contributed by atoms with Crippen LogP contribution in [-0.2, 0) is 17.9 Å². The van der Waals surface area contributed by atoms with Crippen molar-refractivity contribution in [3.63, 3.8) is 0 Å². The smallest absolute Gasteiger partial charge is 0.410 e. The molecular formula is C24H30BrNO3. The normalized spacial score (nSPS) is 14.6. The van der Waals surface area contributed by atoms with Gasteiger partial charge in [0.25, 0.3) is 0 Å². The SMILES string of the molecule is CC(C)(C)OC(=O)N(Cc1c(Br)cccc1OCc1ccccc1)C1CCCC1. The van der Waals surface area contributed by atoms with E-state index in [1.54, 1.807) is 0 Å². The first-order chi connectivity index (χ1) is 13.8. The highest BCUT2D eigenvalue weighted by molar-refractivity contribution is 9.10. The van der Waals surface area contributed by atoms with Crippen molar-refractivity contribution in [2.24, 2.45) is 0 Å². The maximum absolute atomic E-state index is 13.0. The molecule has 2 aromatic carbocycles. The molecule has 156 valence electrons. The fourth-order valence-corrected chi connectivity index (χ4v) is 4.09. The second-order valence-electron chi connectivity index (χ2n) is 8.54. The molecule has 0 aromatic heterocycles. The van der Waals surface area contributed by atoms with E-state index < -0.39 is 5.60 Å². The van der Waals surface area contributed by atoms with Crippen LogP contribution in [0, 0.1) is 0 Å². The Labute approximate surface area is 182 Å². The van der Waals surface area contributed by atoms with Crippen molar-refractivity contribution in [1.82, 2.24) is 4.90 Å². The van der Waals surface area contributed by atoms with Crippen molar-refractivity contribution in [3.8, 4) is 5.75 Å². The summed E-state index contributed by atoms with van der Waals surface area (Å²) in [6, 6.07) is 16.2. The minimum absolute atomic E-state index is 0.207. The first-order valence-corrected chi connectivity index (χ1v) is 11.1. The van der Waals surface area contributed by atoms with Gasteiger partial charge in [-0.2, -0.15) is 0 Å². The third-order valence-corrected chi connectivity index (χ3v) is 5.78. The Bertz CT molecular complexity index is 811. The molecule has 1 aliphatic rings. The minimum atomic E-state index is -0.519. The number of carbonyl (C=O) groups is 1. The monoisotopic (exact) mass is 459 g/mol. The van der Waals surface area contributed by atoms with Crippen LogP contribution in [0.2, 0.25) is 0 Å². The van der Waals surface area contributed by atoms with Crippen LogP contribution >= 0.6 is 15.9 Å². The molecule has 5 heteroatoms. The summed E-state index contributed by atoms with van der Waals surface area (Å²) in [4.78, 5) is 14.9. The van der Waals surface area contributed by atoms with Crippen LogP contribution in [0.1, 0.15) is 57.6 Å². The van der Waals surface area contributed by atoms with Gasteiger partial charge in [0.05, 0.1) is 6.54 Å². The Morgan fingerprint density at radius 2 is 1.76 bits per heavy atom. The molecule has 0 atom stereocenters. The topological polar surface area (TPSA) is 38.8 Å². The van der Waals surface area contributed by atoms with Gasteiger partial charge in [0.2, 0.25) is 0 Å². The predicted molar refractivity (Wildman–Crippen MR) is 119 cm³/mol. The van der Waals surface area contributed by atoms with Gasteiger partial charge in [-0.05, 0) is 51.3 Å². The molecule has 0 N–H and O–H groups in total. The van der Waals surface area contributed by atoms with Crippen LogP contribution in [0.4, 0.5) is 4.79 Å². The highest BCUT2D eigenvalue weighted by Crippen LogP contribution is 2.33. The second kappa shape index (κ2) is 9.66. The zero-order valence-corrected chi connectivity index (χ0v) is 19.1. The lowest BCUT2D eigenvalue weighted by Crippen LogP contribution is -2.42. The second-order valence-corrected chi connectivity index (χ2v) is 9.39. The molecule has 0 aliphatic heterocycles. The molecule has 1 saturated carbocycles. The van der Waals surface area contributed by atoms with Gasteiger partial charge < -0.3 is 14.4 Å². The van der Waals surface area contributed by atoms with Gasteiger partial charge in [0.1, 0.15) is 18.0 Å². The average Bonchev–Trinajstić information content (AvgIpc) is 3.19. The number of carbonyl (C=O) groups excluding carboxylic acids is 1. The van der Waals surface area contributed by atoms with Crippen LogP contribution < -0.4 is 4.74 Å². The first-order valence-electron chi connectivity index (χ1n) is 10.3. The summed E-state index contributed by atoms with van der Waals surface area (Å²) in [5.74, 6) is 0.787. The molecule has 0 spiro atoms. The molecule has 1 aliphatic carbocycles. The van der Waals surface area contributed by atoms with Gasteiger partial charge >= 0.3 is 6.09 Å². The van der Waals surface area contributed by atoms with E-state index in [4.69, 9.17) is 9.47 Å². The van der Waals surface area contributed by atoms with Gasteiger partial charge in [0.15, 0.2) is 0 Å². The first kappa shape index (κ1) is 21.7. The molecule has 0 bridgehead atoms. The summed E-state index contributed by atoms with van der Waals surface area (Å²) in [5.41, 5.74) is 1.56. The summed E-state index contributed by atoms with van der Waals surface area (Å²) in [7, 11) is 0. The maximum Gasteiger partial charge on any atom is 0.410 e. The van der Waals surface area contributed by atoms with Crippen LogP contribution in [0.5, 0.6) is 5.75 Å². The fourth-order valence-electron chi connectivity index (χ4n) is 3.61. The number of rotatable bonds is 6. The van der Waals surface area contributed by atoms with E-state index in [9.17, 15) is 4.79 Å². The predicted octanol–water partition coefficient (Wildman–Crippen LogP) is 6.71. The van der Waals surface area contributed by atoms with E-state index >= 15 is 0 Å². The van der Waals surface area contributed by atoms with Crippen molar-refractivity contribution in [1.29, 1.82) is 0 Å². The van der Waals surface area contributed by atoms with Crippen molar-refractivity contribution in [2.45, 2.75) is 71.2 Å². The van der Waals surface area contributed by atoms with Crippen LogP contribution in [0.25, 0.3) is 0 Å². The van der Waals surface area contributed by atoms with E-state index in [-0.39, 0.29) is 12.1 Å². The number of ether oxygens (including phenoxy) is 2. The van der Waals surface area contributed by atoms with Crippen LogP contribution in [0.15, 0.2) is 53.0 Å². The maximum atomic E-state index is 13.0. The minimum Gasteiger partial charge on any atom is -0.489 e. The van der Waals surface area contributed by atoms with Gasteiger partial charge in [-0.15, -0.1) is 0 Å². The molecular weight excluding hydrogens is 430 g/mol. The molecule has 0 heterocycles. The number of benzene rings is 2. The highest BCUT2D eigenvalue weighted by atomic mass is 79.9. The number of nitrogens with zero attached hydrogens (tertiary/aromatic N) is 1. The number of hydrogen-bond donors (Lipinski definition) is 0. The Kier molecular flexibility index (Phi) is 7.23. The van der Waals surface area contributed by atoms with Gasteiger partial charge in [-0.3, -0.25) is 0 Å². The van der Waals surface area contributed by atoms with Crippen molar-refractivity contribution >= 4 is 22.0 Å². The quantitative estimate of drug-likeness (QED) is 0.481. The van der Waals surface area contributed by atoms with Gasteiger partial charge in [-0.1, -0.05) is 65.2 Å². The molecule has 4 nitrogen and oxygen atoms in total. The van der Waals surface area contributed by atoms with Crippen LogP contribution in [-0.4, -0.2) is 22.6 Å². The molecule has 29 heavy (non-hydrogen) atoms. The van der Waals surface area contributed by atoms with E-state index in [2.05, 4.69) is 15.9 Å². The van der Waals surface area contributed by atoms with E-state index in [1.807, 2.05) is 74.2 Å². The number of halogens is 1. The molecule has 1 amide bonds. The molecule has 0 radical (unpaired) electrons. The molecule has 0 unspecified atom stereocenters. The Morgan fingerprint density at radius 3 is 2.41 bits per heavy atom. The summed E-state index contributed by atoms with van der Waals surface area (Å²) in [6.07, 6.45) is 4.08. The summed E-state index contributed by atoms with van der Waals surface area (Å²) in [5, 5.41) is 0. The Morgan fingerprint density at radius 1 is 1.07 bits per heavy atom. The summed E-state index contributed by atoms with van der Waals surface area (Å²) in [6.45, 7) is 6.67. The zero-order valence-electron chi connectivity index (χ0n) is 17.5. The Balaban J connectivity index is 1.81. The van der Waals surface area contributed by atoms with Crippen molar-refractivity contribution in [2.75, 3.05) is 0 Å². The summed E-state index contributed by atoms with van der Waals surface area (Å²) < 4.78 is 12.8. The molecule has 3 rings (SSSR count). The zero-order chi connectivity index (χ0) is 20.9. The van der Waals surface area contributed by atoms with Crippen molar-refractivity contribution in [3.05, 3.63) is 64.1 Å². The standard InChI is InChI=1S/C24H30BrNO3/c1-24(2,3)29-23(27)26(19-12-7-8-13-19)16-20-21(25)14-9-15-22(20)28-17-18-10-5-4-6-11-18/h4-6,9-11,14-15,19H,7-8,12-13,16-17H2,1-3H3. The highest BCUT2D eigenvalue weighted by Gasteiger charge is 2.31. The lowest BCUT2D eigenvalue weighted by Gasteiger charge is -2.32. The molecule has 2 aromatic rings. The molecule has 1 fully saturated rings. The lowest BCUT2D eigenvalue weighted by atomic mass is 10.1. The largest absolute Gasteiger partial charge is 0.489 e. The van der Waals surface area contributed by atoms with E-state index in [0.717, 1.165) is 47.0 Å². The van der Waals surface area contributed by atoms with Gasteiger partial charge in [-0.25, -0.2) is 4.79 Å². The summed E-state index contributed by atoms with van der Waals surface area (Å²) >= 11 is 3.66. The third-order valence-electron chi connectivity index (χ3n) is 5.03. The van der Waals surface area contributed by atoms with Gasteiger partial charge in [0, 0.05) is 16.1 Å². The average molecular weight is 460 g/mol. The number of amides is 1. The van der Waals surface area contributed by atoms with Crippen LogP contribution in [0.3, 0.4) is 0 Å². The number of hydrogen-bond acceptors (Lipinski definition) is 3. The third kappa shape index (κ3) is 6.23. The molecule has 0 saturated heterocycles.